The summed E-state index contributed by atoms with van der Waals surface area (Å²) in [4.78, 5) is 42.3. The molecule has 2 heterocycles. The van der Waals surface area contributed by atoms with Crippen molar-refractivity contribution < 1.29 is 28.7 Å². The molecule has 10 nitrogen and oxygen atoms in total. The number of nitrogens with zero attached hydrogens (tertiary/aromatic N) is 1. The van der Waals surface area contributed by atoms with Crippen LogP contribution in [0.4, 0.5) is 0 Å². The standard InChI is InChI=1S/C10H15N2O8P/c1-5-3-12(10(15)11-9(5)14)8-2-6(13)7(20-8)4-19-21(16,17)18/h3,6-8,13H,2,4H2,1H3,(H,11,14,15)(H2,16,17,18)/t6-,7+,8-/m1/s1. The van der Waals surface area contributed by atoms with Crippen molar-refractivity contribution >= 4 is 7.82 Å². The van der Waals surface area contributed by atoms with E-state index in [2.05, 4.69) is 9.51 Å². The van der Waals surface area contributed by atoms with Gasteiger partial charge in [-0.2, -0.15) is 0 Å². The van der Waals surface area contributed by atoms with Crippen molar-refractivity contribution in [3.05, 3.63) is 32.6 Å². The molecule has 0 amide bonds. The van der Waals surface area contributed by atoms with Gasteiger partial charge in [0, 0.05) is 18.2 Å². The minimum atomic E-state index is -4.67. The van der Waals surface area contributed by atoms with Gasteiger partial charge >= 0.3 is 13.5 Å². The maximum absolute atomic E-state index is 11.7. The Morgan fingerprint density at radius 3 is 2.81 bits per heavy atom. The molecule has 1 aliphatic heterocycles. The third-order valence-electron chi connectivity index (χ3n) is 3.07. The first-order chi connectivity index (χ1) is 9.67. The summed E-state index contributed by atoms with van der Waals surface area (Å²) >= 11 is 0. The molecule has 1 fully saturated rings. The highest BCUT2D eigenvalue weighted by atomic mass is 31.2. The van der Waals surface area contributed by atoms with Crippen molar-refractivity contribution in [2.45, 2.75) is 31.8 Å². The molecule has 1 aliphatic rings. The van der Waals surface area contributed by atoms with Crippen LogP contribution in [0.25, 0.3) is 0 Å². The van der Waals surface area contributed by atoms with Gasteiger partial charge in [0.1, 0.15) is 12.3 Å². The first-order valence-electron chi connectivity index (χ1n) is 6.03. The molecule has 0 spiro atoms. The quantitative estimate of drug-likeness (QED) is 0.494. The second-order valence-electron chi connectivity index (χ2n) is 4.70. The van der Waals surface area contributed by atoms with Crippen LogP contribution in [0.5, 0.6) is 0 Å². The molecule has 0 unspecified atom stereocenters. The van der Waals surface area contributed by atoms with Crippen LogP contribution >= 0.6 is 7.82 Å². The molecule has 3 atom stereocenters. The molecule has 1 aromatic heterocycles. The van der Waals surface area contributed by atoms with E-state index in [9.17, 15) is 19.3 Å². The SMILES string of the molecule is Cc1cn([C@H]2C[C@@H](O)[C@H](COP(=O)(O)O)O2)c(=O)[nH]c1=O. The minimum absolute atomic E-state index is 0.0283. The molecular weight excluding hydrogens is 307 g/mol. The van der Waals surface area contributed by atoms with Crippen molar-refractivity contribution in [3.8, 4) is 0 Å². The van der Waals surface area contributed by atoms with Gasteiger partial charge in [0.05, 0.1) is 12.7 Å². The molecule has 21 heavy (non-hydrogen) atoms. The molecule has 1 aromatic rings. The first-order valence-corrected chi connectivity index (χ1v) is 7.56. The third-order valence-corrected chi connectivity index (χ3v) is 3.55. The fraction of sp³-hybridized carbons (Fsp3) is 0.600. The van der Waals surface area contributed by atoms with E-state index in [1.807, 2.05) is 0 Å². The van der Waals surface area contributed by atoms with Crippen molar-refractivity contribution in [2.75, 3.05) is 6.61 Å². The smallest absolute Gasteiger partial charge is 0.390 e. The van der Waals surface area contributed by atoms with Crippen LogP contribution in [-0.4, -0.2) is 43.3 Å². The highest BCUT2D eigenvalue weighted by Crippen LogP contribution is 2.38. The van der Waals surface area contributed by atoms with E-state index in [-0.39, 0.29) is 6.42 Å². The zero-order valence-electron chi connectivity index (χ0n) is 11.0. The Labute approximate surface area is 118 Å². The molecule has 0 aliphatic carbocycles. The summed E-state index contributed by atoms with van der Waals surface area (Å²) in [5.41, 5.74) is -0.918. The van der Waals surface area contributed by atoms with Crippen molar-refractivity contribution in [3.63, 3.8) is 0 Å². The average molecular weight is 322 g/mol. The zero-order chi connectivity index (χ0) is 15.8. The minimum Gasteiger partial charge on any atom is -0.390 e. The number of nitrogens with one attached hydrogen (secondary N) is 1. The van der Waals surface area contributed by atoms with Crippen LogP contribution in [-0.2, 0) is 13.8 Å². The Kier molecular flexibility index (Phi) is 4.47. The van der Waals surface area contributed by atoms with E-state index < -0.39 is 44.1 Å². The molecule has 0 saturated carbocycles. The predicted molar refractivity (Wildman–Crippen MR) is 68.6 cm³/mol. The van der Waals surface area contributed by atoms with E-state index in [1.54, 1.807) is 0 Å². The molecule has 11 heteroatoms. The number of aromatic nitrogens is 2. The Bertz CT molecular complexity index is 676. The number of aliphatic hydroxyl groups excluding tert-OH is 1. The van der Waals surface area contributed by atoms with Crippen LogP contribution in [0.3, 0.4) is 0 Å². The topological polar surface area (TPSA) is 151 Å². The van der Waals surface area contributed by atoms with Gasteiger partial charge in [0.15, 0.2) is 0 Å². The number of rotatable bonds is 4. The fourth-order valence-electron chi connectivity index (χ4n) is 2.01. The maximum atomic E-state index is 11.7. The number of H-pyrrole nitrogens is 1. The van der Waals surface area contributed by atoms with Gasteiger partial charge < -0.3 is 19.6 Å². The number of aliphatic hydroxyl groups is 1. The molecule has 0 bridgehead atoms. The van der Waals surface area contributed by atoms with E-state index >= 15 is 0 Å². The van der Waals surface area contributed by atoms with Crippen molar-refractivity contribution in [2.24, 2.45) is 0 Å². The highest BCUT2D eigenvalue weighted by molar-refractivity contribution is 7.46. The molecule has 4 N–H and O–H groups in total. The molecule has 0 radical (unpaired) electrons. The van der Waals surface area contributed by atoms with Gasteiger partial charge in [-0.3, -0.25) is 18.9 Å². The Morgan fingerprint density at radius 1 is 1.52 bits per heavy atom. The summed E-state index contributed by atoms with van der Waals surface area (Å²) in [5.74, 6) is 0. The summed E-state index contributed by atoms with van der Waals surface area (Å²) in [5, 5.41) is 9.79. The number of aromatic amines is 1. The third kappa shape index (κ3) is 3.88. The number of hydrogen-bond acceptors (Lipinski definition) is 6. The maximum Gasteiger partial charge on any atom is 0.469 e. The van der Waals surface area contributed by atoms with Gasteiger partial charge in [0.2, 0.25) is 0 Å². The Hall–Kier alpha value is -1.29. The molecule has 118 valence electrons. The second-order valence-corrected chi connectivity index (χ2v) is 5.94. The number of phosphoric ester groups is 1. The Morgan fingerprint density at radius 2 is 2.19 bits per heavy atom. The van der Waals surface area contributed by atoms with Gasteiger partial charge in [-0.05, 0) is 6.92 Å². The van der Waals surface area contributed by atoms with Gasteiger partial charge in [-0.25, -0.2) is 9.36 Å². The number of aryl methyl sites for hydroxylation is 1. The number of phosphoric acid groups is 1. The lowest BCUT2D eigenvalue weighted by Crippen LogP contribution is -2.33. The first kappa shape index (κ1) is 16.1. The number of hydrogen-bond donors (Lipinski definition) is 4. The normalized spacial score (nSPS) is 26.2. The summed E-state index contributed by atoms with van der Waals surface area (Å²) in [7, 11) is -4.67. The summed E-state index contributed by atoms with van der Waals surface area (Å²) in [6.07, 6.45) is -1.57. The van der Waals surface area contributed by atoms with Crippen molar-refractivity contribution in [1.82, 2.24) is 9.55 Å². The molecule has 2 rings (SSSR count). The van der Waals surface area contributed by atoms with Crippen LogP contribution in [0.15, 0.2) is 15.8 Å². The fourth-order valence-corrected chi connectivity index (χ4v) is 2.35. The molecule has 0 aromatic carbocycles. The predicted octanol–water partition coefficient (Wildman–Crippen LogP) is -1.40. The van der Waals surface area contributed by atoms with Crippen LogP contribution in [0.2, 0.25) is 0 Å². The largest absolute Gasteiger partial charge is 0.469 e. The summed E-state index contributed by atoms with van der Waals surface area (Å²) in [6, 6.07) is 0. The van der Waals surface area contributed by atoms with E-state index in [1.165, 1.54) is 13.1 Å². The molecule has 1 saturated heterocycles. The van der Waals surface area contributed by atoms with Gasteiger partial charge in [0.25, 0.3) is 5.56 Å². The lowest BCUT2D eigenvalue weighted by Gasteiger charge is -2.16. The Balaban J connectivity index is 2.14. The monoisotopic (exact) mass is 322 g/mol. The zero-order valence-corrected chi connectivity index (χ0v) is 11.9. The highest BCUT2D eigenvalue weighted by Gasteiger charge is 2.37. The van der Waals surface area contributed by atoms with Crippen LogP contribution in [0.1, 0.15) is 18.2 Å². The lowest BCUT2D eigenvalue weighted by atomic mass is 10.2. The number of ether oxygens (including phenoxy) is 1. The average Bonchev–Trinajstić information content (AvgIpc) is 2.72. The molecular formula is C10H15N2O8P. The van der Waals surface area contributed by atoms with E-state index in [4.69, 9.17) is 14.5 Å². The van der Waals surface area contributed by atoms with Crippen LogP contribution < -0.4 is 11.2 Å². The lowest BCUT2D eigenvalue weighted by molar-refractivity contribution is -0.0451. The summed E-state index contributed by atoms with van der Waals surface area (Å²) < 4.78 is 21.4. The van der Waals surface area contributed by atoms with Crippen LogP contribution in [0, 0.1) is 6.92 Å². The van der Waals surface area contributed by atoms with Gasteiger partial charge in [-0.1, -0.05) is 0 Å². The van der Waals surface area contributed by atoms with E-state index in [0.29, 0.717) is 5.56 Å². The summed E-state index contributed by atoms with van der Waals surface area (Å²) in [6.45, 7) is 0.994. The van der Waals surface area contributed by atoms with Crippen molar-refractivity contribution in [1.29, 1.82) is 0 Å². The second kappa shape index (κ2) is 5.84. The van der Waals surface area contributed by atoms with E-state index in [0.717, 1.165) is 4.57 Å². The van der Waals surface area contributed by atoms with Gasteiger partial charge in [-0.15, -0.1) is 0 Å².